The van der Waals surface area contributed by atoms with Crippen LogP contribution in [0, 0.1) is 0 Å². The summed E-state index contributed by atoms with van der Waals surface area (Å²) in [5, 5.41) is 7.46. The standard InChI is InChI=1S/C21H21BrN4O4/c1-21(15-8-5-9-16(22)12-15)18(28)26(20(30)25-21)11-10-17(27)24-19(29)23-13-14-6-3-2-4-7-14/h2-9,12H,10-11,13H2,1H3,(H,25,30)(H2,23,24,27,29). The van der Waals surface area contributed by atoms with Crippen LogP contribution in [-0.4, -0.2) is 35.3 Å². The molecule has 0 radical (unpaired) electrons. The molecule has 1 atom stereocenters. The molecule has 2 aromatic carbocycles. The molecule has 0 aromatic heterocycles. The van der Waals surface area contributed by atoms with E-state index in [0.717, 1.165) is 14.9 Å². The van der Waals surface area contributed by atoms with Gasteiger partial charge in [0.2, 0.25) is 5.91 Å². The number of urea groups is 2. The summed E-state index contributed by atoms with van der Waals surface area (Å²) in [6, 6.07) is 15.1. The largest absolute Gasteiger partial charge is 0.334 e. The van der Waals surface area contributed by atoms with Crippen LogP contribution in [-0.2, 0) is 21.7 Å². The predicted molar refractivity (Wildman–Crippen MR) is 113 cm³/mol. The number of rotatable bonds is 6. The van der Waals surface area contributed by atoms with Crippen LogP contribution in [0.2, 0.25) is 0 Å². The number of halogens is 1. The molecule has 1 unspecified atom stereocenters. The Morgan fingerprint density at radius 2 is 1.83 bits per heavy atom. The van der Waals surface area contributed by atoms with Gasteiger partial charge in [-0.25, -0.2) is 9.59 Å². The van der Waals surface area contributed by atoms with E-state index in [-0.39, 0.29) is 19.5 Å². The fraction of sp³-hybridized carbons (Fsp3) is 0.238. The van der Waals surface area contributed by atoms with Gasteiger partial charge in [0.25, 0.3) is 5.91 Å². The van der Waals surface area contributed by atoms with Gasteiger partial charge in [0, 0.05) is 24.0 Å². The van der Waals surface area contributed by atoms with Crippen molar-refractivity contribution in [3.05, 3.63) is 70.2 Å². The quantitative estimate of drug-likeness (QED) is 0.561. The lowest BCUT2D eigenvalue weighted by molar-refractivity contribution is -0.131. The summed E-state index contributed by atoms with van der Waals surface area (Å²) in [5.41, 5.74) is 0.304. The fourth-order valence-corrected chi connectivity index (χ4v) is 3.52. The fourth-order valence-electron chi connectivity index (χ4n) is 3.12. The lowest BCUT2D eigenvalue weighted by atomic mass is 9.92. The minimum Gasteiger partial charge on any atom is -0.334 e. The van der Waals surface area contributed by atoms with E-state index in [1.165, 1.54) is 0 Å². The van der Waals surface area contributed by atoms with Crippen molar-refractivity contribution in [1.29, 1.82) is 0 Å². The maximum atomic E-state index is 12.9. The van der Waals surface area contributed by atoms with Gasteiger partial charge in [-0.3, -0.25) is 19.8 Å². The van der Waals surface area contributed by atoms with E-state index in [0.29, 0.717) is 5.56 Å². The normalized spacial score (nSPS) is 18.1. The van der Waals surface area contributed by atoms with Crippen LogP contribution in [0.25, 0.3) is 0 Å². The van der Waals surface area contributed by atoms with Gasteiger partial charge < -0.3 is 10.6 Å². The summed E-state index contributed by atoms with van der Waals surface area (Å²) < 4.78 is 0.780. The molecule has 0 spiro atoms. The average molecular weight is 473 g/mol. The van der Waals surface area contributed by atoms with E-state index in [4.69, 9.17) is 0 Å². The van der Waals surface area contributed by atoms with Crippen molar-refractivity contribution in [2.24, 2.45) is 0 Å². The molecular weight excluding hydrogens is 452 g/mol. The van der Waals surface area contributed by atoms with Crippen molar-refractivity contribution in [3.63, 3.8) is 0 Å². The number of imide groups is 2. The maximum Gasteiger partial charge on any atom is 0.325 e. The van der Waals surface area contributed by atoms with Crippen LogP contribution in [0.5, 0.6) is 0 Å². The first-order valence-corrected chi connectivity index (χ1v) is 10.1. The first-order chi connectivity index (χ1) is 14.3. The number of hydrogen-bond donors (Lipinski definition) is 3. The summed E-state index contributed by atoms with van der Waals surface area (Å²) in [6.45, 7) is 1.76. The van der Waals surface area contributed by atoms with E-state index in [9.17, 15) is 19.2 Å². The second kappa shape index (κ2) is 9.08. The molecule has 3 rings (SSSR count). The Morgan fingerprint density at radius 3 is 2.53 bits per heavy atom. The predicted octanol–water partition coefficient (Wildman–Crippen LogP) is 2.63. The molecule has 6 amide bonds. The molecule has 1 heterocycles. The topological polar surface area (TPSA) is 108 Å². The highest BCUT2D eigenvalue weighted by Crippen LogP contribution is 2.30. The average Bonchev–Trinajstić information content (AvgIpc) is 2.95. The number of carbonyl (C=O) groups excluding carboxylic acids is 4. The zero-order valence-corrected chi connectivity index (χ0v) is 17.9. The summed E-state index contributed by atoms with van der Waals surface area (Å²) in [6.07, 6.45) is -0.188. The van der Waals surface area contributed by atoms with Crippen molar-refractivity contribution in [3.8, 4) is 0 Å². The van der Waals surface area contributed by atoms with Crippen LogP contribution < -0.4 is 16.0 Å². The molecule has 0 bridgehead atoms. The molecule has 156 valence electrons. The Kier molecular flexibility index (Phi) is 6.51. The van der Waals surface area contributed by atoms with Crippen LogP contribution in [0.3, 0.4) is 0 Å². The highest BCUT2D eigenvalue weighted by Gasteiger charge is 2.48. The SMILES string of the molecule is CC1(c2cccc(Br)c2)NC(=O)N(CCC(=O)NC(=O)NCc2ccccc2)C1=O. The number of benzene rings is 2. The monoisotopic (exact) mass is 472 g/mol. The van der Waals surface area contributed by atoms with Gasteiger partial charge in [-0.05, 0) is 30.2 Å². The van der Waals surface area contributed by atoms with Crippen LogP contribution in [0.4, 0.5) is 9.59 Å². The van der Waals surface area contributed by atoms with E-state index >= 15 is 0 Å². The van der Waals surface area contributed by atoms with Gasteiger partial charge in [0.05, 0.1) is 0 Å². The smallest absolute Gasteiger partial charge is 0.325 e. The number of nitrogens with zero attached hydrogens (tertiary/aromatic N) is 1. The Labute approximate surface area is 182 Å². The molecule has 30 heavy (non-hydrogen) atoms. The molecule has 0 saturated carbocycles. The van der Waals surface area contributed by atoms with Crippen molar-refractivity contribution < 1.29 is 19.2 Å². The Bertz CT molecular complexity index is 982. The lowest BCUT2D eigenvalue weighted by Gasteiger charge is -2.22. The van der Waals surface area contributed by atoms with Crippen molar-refractivity contribution >= 4 is 39.8 Å². The molecule has 1 fully saturated rings. The van der Waals surface area contributed by atoms with Crippen molar-refractivity contribution in [1.82, 2.24) is 20.9 Å². The van der Waals surface area contributed by atoms with E-state index in [1.807, 2.05) is 36.4 Å². The number of hydrogen-bond acceptors (Lipinski definition) is 4. The Morgan fingerprint density at radius 1 is 1.10 bits per heavy atom. The summed E-state index contributed by atoms with van der Waals surface area (Å²) in [5.74, 6) is -1.04. The molecule has 1 aliphatic heterocycles. The first-order valence-electron chi connectivity index (χ1n) is 9.31. The van der Waals surface area contributed by atoms with Gasteiger partial charge >= 0.3 is 12.1 Å². The van der Waals surface area contributed by atoms with E-state index < -0.39 is 29.4 Å². The van der Waals surface area contributed by atoms with Gasteiger partial charge in [0.1, 0.15) is 5.54 Å². The number of amides is 6. The lowest BCUT2D eigenvalue weighted by Crippen LogP contribution is -2.42. The van der Waals surface area contributed by atoms with Gasteiger partial charge in [0.15, 0.2) is 0 Å². The van der Waals surface area contributed by atoms with Crippen LogP contribution in [0.1, 0.15) is 24.5 Å². The summed E-state index contributed by atoms with van der Waals surface area (Å²) in [4.78, 5) is 50.1. The zero-order chi connectivity index (χ0) is 21.7. The minimum absolute atomic E-state index is 0.133. The highest BCUT2D eigenvalue weighted by molar-refractivity contribution is 9.10. The van der Waals surface area contributed by atoms with Gasteiger partial charge in [-0.15, -0.1) is 0 Å². The molecule has 2 aromatic rings. The third-order valence-electron chi connectivity index (χ3n) is 4.79. The highest BCUT2D eigenvalue weighted by atomic mass is 79.9. The zero-order valence-electron chi connectivity index (χ0n) is 16.3. The van der Waals surface area contributed by atoms with Crippen LogP contribution >= 0.6 is 15.9 Å². The van der Waals surface area contributed by atoms with Gasteiger partial charge in [-0.2, -0.15) is 0 Å². The van der Waals surface area contributed by atoms with Crippen LogP contribution in [0.15, 0.2) is 59.1 Å². The summed E-state index contributed by atoms with van der Waals surface area (Å²) in [7, 11) is 0. The van der Waals surface area contributed by atoms with E-state index in [1.54, 1.807) is 25.1 Å². The third-order valence-corrected chi connectivity index (χ3v) is 5.28. The second-order valence-corrected chi connectivity index (χ2v) is 7.90. The minimum atomic E-state index is -1.22. The Balaban J connectivity index is 1.52. The van der Waals surface area contributed by atoms with Crippen molar-refractivity contribution in [2.75, 3.05) is 6.54 Å². The number of nitrogens with one attached hydrogen (secondary N) is 3. The molecule has 1 saturated heterocycles. The first kappa shape index (κ1) is 21.5. The Hall–Kier alpha value is -3.20. The molecule has 9 heteroatoms. The third kappa shape index (κ3) is 4.85. The maximum absolute atomic E-state index is 12.9. The second-order valence-electron chi connectivity index (χ2n) is 6.99. The summed E-state index contributed by atoms with van der Waals surface area (Å²) >= 11 is 3.36. The number of carbonyl (C=O) groups is 4. The molecule has 3 N–H and O–H groups in total. The molecule has 0 aliphatic carbocycles. The molecule has 8 nitrogen and oxygen atoms in total. The molecule has 1 aliphatic rings. The van der Waals surface area contributed by atoms with E-state index in [2.05, 4.69) is 31.9 Å². The van der Waals surface area contributed by atoms with Crippen molar-refractivity contribution in [2.45, 2.75) is 25.4 Å². The van der Waals surface area contributed by atoms with Gasteiger partial charge in [-0.1, -0.05) is 58.4 Å². The molecular formula is C21H21BrN4O4.